The van der Waals surface area contributed by atoms with Crippen LogP contribution in [-0.4, -0.2) is 51.7 Å². The van der Waals surface area contributed by atoms with Crippen LogP contribution in [0.2, 0.25) is 5.02 Å². The molecule has 2 heterocycles. The number of piperazine rings is 1. The number of benzene rings is 1. The van der Waals surface area contributed by atoms with E-state index in [1.54, 1.807) is 22.6 Å². The number of amides is 1. The largest absolute Gasteiger partial charge is 0.339 e. The van der Waals surface area contributed by atoms with E-state index in [9.17, 15) is 13.6 Å². The first-order chi connectivity index (χ1) is 12.4. The Morgan fingerprint density at radius 1 is 1.19 bits per heavy atom. The minimum absolute atomic E-state index is 0.0242. The van der Waals surface area contributed by atoms with Crippen LogP contribution in [-0.2, 0) is 17.9 Å². The van der Waals surface area contributed by atoms with Gasteiger partial charge in [-0.3, -0.25) is 14.4 Å². The molecule has 1 amide bonds. The van der Waals surface area contributed by atoms with Gasteiger partial charge in [0.25, 0.3) is 0 Å². The van der Waals surface area contributed by atoms with Gasteiger partial charge in [0.1, 0.15) is 6.54 Å². The molecule has 0 aliphatic carbocycles. The maximum Gasteiger partial charge on any atom is 0.244 e. The van der Waals surface area contributed by atoms with E-state index in [0.717, 1.165) is 11.8 Å². The molecule has 1 aromatic heterocycles. The topological polar surface area (TPSA) is 41.4 Å². The predicted molar refractivity (Wildman–Crippen MR) is 94.9 cm³/mol. The van der Waals surface area contributed by atoms with Crippen LogP contribution in [0.25, 0.3) is 0 Å². The molecule has 0 saturated carbocycles. The van der Waals surface area contributed by atoms with Crippen molar-refractivity contribution in [3.63, 3.8) is 0 Å². The Kier molecular flexibility index (Phi) is 5.58. The number of hydrogen-bond acceptors (Lipinski definition) is 3. The average Bonchev–Trinajstić information content (AvgIpc) is 2.86. The zero-order chi connectivity index (χ0) is 18.8. The first-order valence-electron chi connectivity index (χ1n) is 8.49. The number of aromatic nitrogens is 2. The maximum absolute atomic E-state index is 13.8. The van der Waals surface area contributed by atoms with Crippen LogP contribution in [0.1, 0.15) is 17.0 Å². The van der Waals surface area contributed by atoms with Crippen LogP contribution in [0.3, 0.4) is 0 Å². The van der Waals surface area contributed by atoms with Crippen molar-refractivity contribution < 1.29 is 13.6 Å². The Bertz CT molecular complexity index is 816. The lowest BCUT2D eigenvalue weighted by Gasteiger charge is -2.34. The summed E-state index contributed by atoms with van der Waals surface area (Å²) < 4.78 is 28.7. The first kappa shape index (κ1) is 18.8. The van der Waals surface area contributed by atoms with E-state index in [1.165, 1.54) is 6.07 Å². The average molecular weight is 383 g/mol. The van der Waals surface area contributed by atoms with Gasteiger partial charge in [-0.05, 0) is 19.9 Å². The van der Waals surface area contributed by atoms with Gasteiger partial charge in [0.05, 0.1) is 16.4 Å². The number of rotatable bonds is 4. The highest BCUT2D eigenvalue weighted by atomic mass is 35.5. The van der Waals surface area contributed by atoms with Crippen LogP contribution < -0.4 is 0 Å². The maximum atomic E-state index is 13.8. The lowest BCUT2D eigenvalue weighted by Crippen LogP contribution is -2.49. The second-order valence-electron chi connectivity index (χ2n) is 6.51. The highest BCUT2D eigenvalue weighted by Crippen LogP contribution is 2.19. The highest BCUT2D eigenvalue weighted by Gasteiger charge is 2.23. The fourth-order valence-electron chi connectivity index (χ4n) is 3.12. The van der Waals surface area contributed by atoms with Crippen LogP contribution in [0.5, 0.6) is 0 Å². The van der Waals surface area contributed by atoms with Gasteiger partial charge in [0, 0.05) is 38.3 Å². The zero-order valence-electron chi connectivity index (χ0n) is 14.8. The number of aryl methyl sites for hydroxylation is 1. The summed E-state index contributed by atoms with van der Waals surface area (Å²) in [4.78, 5) is 16.3. The van der Waals surface area contributed by atoms with Crippen molar-refractivity contribution in [2.24, 2.45) is 0 Å². The van der Waals surface area contributed by atoms with Gasteiger partial charge in [-0.15, -0.1) is 0 Å². The van der Waals surface area contributed by atoms with Crippen LogP contribution in [0.15, 0.2) is 18.2 Å². The Hall–Kier alpha value is -1.99. The fourth-order valence-corrected chi connectivity index (χ4v) is 3.26. The minimum Gasteiger partial charge on any atom is -0.339 e. The molecule has 1 aromatic carbocycles. The summed E-state index contributed by atoms with van der Waals surface area (Å²) >= 11 is 6.12. The highest BCUT2D eigenvalue weighted by molar-refractivity contribution is 6.31. The van der Waals surface area contributed by atoms with E-state index in [2.05, 4.69) is 5.10 Å². The quantitative estimate of drug-likeness (QED) is 0.816. The Balaban J connectivity index is 1.55. The molecular weight excluding hydrogens is 362 g/mol. The number of hydrogen-bond donors (Lipinski definition) is 0. The zero-order valence-corrected chi connectivity index (χ0v) is 15.6. The lowest BCUT2D eigenvalue weighted by atomic mass is 10.1. The van der Waals surface area contributed by atoms with E-state index >= 15 is 0 Å². The molecule has 1 aliphatic rings. The van der Waals surface area contributed by atoms with Crippen molar-refractivity contribution in [1.82, 2.24) is 19.6 Å². The Morgan fingerprint density at radius 3 is 2.50 bits per heavy atom. The standard InChI is InChI=1S/C18H21ClF2N4O/c1-12-17(19)13(2)25(22-12)11-16(26)24-8-6-23(7-9-24)10-14-4-3-5-15(20)18(14)21/h3-5H,6-11H2,1-2H3. The normalized spacial score (nSPS) is 15.5. The van der Waals surface area contributed by atoms with Crippen molar-refractivity contribution in [2.75, 3.05) is 26.2 Å². The molecule has 1 aliphatic heterocycles. The molecule has 0 N–H and O–H groups in total. The molecular formula is C18H21ClF2N4O. The van der Waals surface area contributed by atoms with Crippen LogP contribution >= 0.6 is 11.6 Å². The molecule has 1 fully saturated rings. The van der Waals surface area contributed by atoms with E-state index < -0.39 is 11.6 Å². The summed E-state index contributed by atoms with van der Waals surface area (Å²) in [6.45, 7) is 6.43. The van der Waals surface area contributed by atoms with Crippen LogP contribution in [0.4, 0.5) is 8.78 Å². The van der Waals surface area contributed by atoms with Crippen molar-refractivity contribution in [3.05, 3.63) is 51.8 Å². The Morgan fingerprint density at radius 2 is 1.88 bits per heavy atom. The minimum atomic E-state index is -0.833. The molecule has 140 valence electrons. The number of halogens is 3. The van der Waals surface area contributed by atoms with Crippen molar-refractivity contribution >= 4 is 17.5 Å². The third kappa shape index (κ3) is 3.88. The molecule has 8 heteroatoms. The summed E-state index contributed by atoms with van der Waals surface area (Å²) in [6, 6.07) is 4.20. The van der Waals surface area contributed by atoms with E-state index in [0.29, 0.717) is 49.0 Å². The molecule has 0 radical (unpaired) electrons. The van der Waals surface area contributed by atoms with Gasteiger partial charge in [-0.1, -0.05) is 23.7 Å². The Labute approximate surface area is 156 Å². The van der Waals surface area contributed by atoms with E-state index in [1.807, 2.05) is 11.8 Å². The van der Waals surface area contributed by atoms with Crippen molar-refractivity contribution in [1.29, 1.82) is 0 Å². The summed E-state index contributed by atoms with van der Waals surface area (Å²) in [5.41, 5.74) is 1.82. The summed E-state index contributed by atoms with van der Waals surface area (Å²) in [5.74, 6) is -1.66. The molecule has 0 atom stereocenters. The van der Waals surface area contributed by atoms with Gasteiger partial charge in [-0.25, -0.2) is 8.78 Å². The molecule has 0 spiro atoms. The molecule has 3 rings (SSSR count). The van der Waals surface area contributed by atoms with Gasteiger partial charge in [0.15, 0.2) is 11.6 Å². The van der Waals surface area contributed by atoms with E-state index in [4.69, 9.17) is 11.6 Å². The lowest BCUT2D eigenvalue weighted by molar-refractivity contribution is -0.133. The van der Waals surface area contributed by atoms with E-state index in [-0.39, 0.29) is 12.5 Å². The molecule has 2 aromatic rings. The predicted octanol–water partition coefficient (Wildman–Crippen LogP) is 2.78. The third-order valence-electron chi connectivity index (χ3n) is 4.73. The number of carbonyl (C=O) groups is 1. The first-order valence-corrected chi connectivity index (χ1v) is 8.87. The SMILES string of the molecule is Cc1nn(CC(=O)N2CCN(Cc3cccc(F)c3F)CC2)c(C)c1Cl. The van der Waals surface area contributed by atoms with Crippen molar-refractivity contribution in [2.45, 2.75) is 26.9 Å². The number of nitrogens with zero attached hydrogens (tertiary/aromatic N) is 4. The molecule has 1 saturated heterocycles. The molecule has 26 heavy (non-hydrogen) atoms. The molecule has 0 bridgehead atoms. The fraction of sp³-hybridized carbons (Fsp3) is 0.444. The van der Waals surface area contributed by atoms with Gasteiger partial charge < -0.3 is 4.90 Å². The second kappa shape index (κ2) is 7.72. The van der Waals surface area contributed by atoms with Crippen LogP contribution in [0, 0.1) is 25.5 Å². The number of carbonyl (C=O) groups excluding carboxylic acids is 1. The molecule has 0 unspecified atom stereocenters. The third-order valence-corrected chi connectivity index (χ3v) is 5.28. The van der Waals surface area contributed by atoms with Gasteiger partial charge in [-0.2, -0.15) is 5.10 Å². The summed E-state index contributed by atoms with van der Waals surface area (Å²) in [6.07, 6.45) is 0. The summed E-state index contributed by atoms with van der Waals surface area (Å²) in [5, 5.41) is 4.87. The second-order valence-corrected chi connectivity index (χ2v) is 6.89. The smallest absolute Gasteiger partial charge is 0.244 e. The van der Waals surface area contributed by atoms with Crippen molar-refractivity contribution in [3.8, 4) is 0 Å². The van der Waals surface area contributed by atoms with Gasteiger partial charge in [0.2, 0.25) is 5.91 Å². The van der Waals surface area contributed by atoms with Gasteiger partial charge >= 0.3 is 0 Å². The molecule has 5 nitrogen and oxygen atoms in total. The summed E-state index contributed by atoms with van der Waals surface area (Å²) in [7, 11) is 0. The monoisotopic (exact) mass is 382 g/mol.